The average Bonchev–Trinajstić information content (AvgIpc) is 3.32. The number of rotatable bonds is 12. The van der Waals surface area contributed by atoms with Gasteiger partial charge >= 0.3 is 0 Å². The molecule has 2 aliphatic carbocycles. The molecule has 0 radical (unpaired) electrons. The molecular weight excluding hydrogens is 538 g/mol. The lowest BCUT2D eigenvalue weighted by Gasteiger charge is -2.28. The number of aliphatic hydroxyl groups excluding tert-OH is 1. The number of Topliss-reactive ketones (excluding diaryl/α,β-unsaturated/α-hetero) is 1. The van der Waals surface area contributed by atoms with Gasteiger partial charge in [0.1, 0.15) is 17.7 Å². The van der Waals surface area contributed by atoms with Crippen LogP contribution in [0.1, 0.15) is 77.2 Å². The van der Waals surface area contributed by atoms with Gasteiger partial charge in [-0.3, -0.25) is 19.2 Å². The number of benzene rings is 1. The van der Waals surface area contributed by atoms with E-state index in [0.717, 1.165) is 42.3 Å². The summed E-state index contributed by atoms with van der Waals surface area (Å²) in [7, 11) is 0. The second kappa shape index (κ2) is 12.9. The van der Waals surface area contributed by atoms with E-state index in [1.807, 2.05) is 18.2 Å². The second-order valence-electron chi connectivity index (χ2n) is 12.6. The molecule has 3 amide bonds. The number of carbonyl (C=O) groups excluding carboxylic acids is 4. The van der Waals surface area contributed by atoms with Crippen molar-refractivity contribution < 1.29 is 29.0 Å². The Kier molecular flexibility index (Phi) is 9.27. The highest BCUT2D eigenvalue weighted by atomic mass is 16.6. The highest BCUT2D eigenvalue weighted by Gasteiger charge is 2.50. The van der Waals surface area contributed by atoms with Crippen LogP contribution in [0.15, 0.2) is 24.5 Å². The Morgan fingerprint density at radius 3 is 2.40 bits per heavy atom. The molecule has 5 N–H and O–H groups in total. The minimum absolute atomic E-state index is 0.135. The summed E-state index contributed by atoms with van der Waals surface area (Å²) in [6, 6.07) is 3.04. The molecule has 11 nitrogen and oxygen atoms in total. The molecule has 1 aromatic heterocycles. The number of aromatic nitrogens is 2. The van der Waals surface area contributed by atoms with Crippen molar-refractivity contribution >= 4 is 34.5 Å². The number of amides is 3. The number of nitrogens with zero attached hydrogens (tertiary/aromatic N) is 1. The number of imidazole rings is 1. The monoisotopic (exact) mass is 581 g/mol. The van der Waals surface area contributed by atoms with Crippen molar-refractivity contribution in [1.82, 2.24) is 25.9 Å². The molecule has 11 heteroatoms. The summed E-state index contributed by atoms with van der Waals surface area (Å²) in [4.78, 5) is 60.6. The minimum atomic E-state index is -0.982. The van der Waals surface area contributed by atoms with Gasteiger partial charge in [0.15, 0.2) is 5.78 Å². The van der Waals surface area contributed by atoms with Gasteiger partial charge in [-0.25, -0.2) is 4.98 Å². The summed E-state index contributed by atoms with van der Waals surface area (Å²) >= 11 is 0. The van der Waals surface area contributed by atoms with Crippen molar-refractivity contribution in [2.24, 2.45) is 11.8 Å². The van der Waals surface area contributed by atoms with Gasteiger partial charge in [-0.1, -0.05) is 31.7 Å². The summed E-state index contributed by atoms with van der Waals surface area (Å²) in [5.74, 6) is -1.20. The van der Waals surface area contributed by atoms with Crippen LogP contribution >= 0.6 is 0 Å². The normalized spacial score (nSPS) is 26.3. The Bertz CT molecular complexity index is 1290. The Morgan fingerprint density at radius 1 is 1.02 bits per heavy atom. The third-order valence-electron chi connectivity index (χ3n) is 9.15. The zero-order valence-corrected chi connectivity index (χ0v) is 24.5. The van der Waals surface area contributed by atoms with E-state index < -0.39 is 35.5 Å². The Labute approximate surface area is 245 Å². The minimum Gasteiger partial charge on any atom is -0.393 e. The van der Waals surface area contributed by atoms with Gasteiger partial charge in [0.05, 0.1) is 36.1 Å². The van der Waals surface area contributed by atoms with Gasteiger partial charge in [-0.05, 0) is 69.6 Å². The van der Waals surface area contributed by atoms with E-state index >= 15 is 0 Å². The Morgan fingerprint density at radius 2 is 1.71 bits per heavy atom. The number of ether oxygens (including phenoxy) is 1. The molecule has 1 aromatic carbocycles. The van der Waals surface area contributed by atoms with Gasteiger partial charge in [0, 0.05) is 12.3 Å². The van der Waals surface area contributed by atoms with E-state index in [2.05, 4.69) is 25.9 Å². The second-order valence-corrected chi connectivity index (χ2v) is 12.6. The quantitative estimate of drug-likeness (QED) is 0.239. The highest BCUT2D eigenvalue weighted by Crippen LogP contribution is 2.33. The molecule has 0 unspecified atom stereocenters. The zero-order valence-electron chi connectivity index (χ0n) is 24.5. The molecule has 2 aromatic rings. The lowest BCUT2D eigenvalue weighted by Crippen LogP contribution is -2.57. The largest absolute Gasteiger partial charge is 0.393 e. The van der Waals surface area contributed by atoms with Crippen LogP contribution in [0.2, 0.25) is 0 Å². The highest BCUT2D eigenvalue weighted by molar-refractivity contribution is 5.98. The smallest absolute Gasteiger partial charge is 0.243 e. The average molecular weight is 582 g/mol. The molecule has 1 saturated heterocycles. The van der Waals surface area contributed by atoms with Crippen LogP contribution in [-0.4, -0.2) is 75.0 Å². The number of fused-ring (bicyclic) bond motifs is 1. The van der Waals surface area contributed by atoms with Crippen LogP contribution in [0.4, 0.5) is 0 Å². The first-order valence-electron chi connectivity index (χ1n) is 15.3. The van der Waals surface area contributed by atoms with E-state index in [1.54, 1.807) is 20.2 Å². The number of epoxide rings is 1. The van der Waals surface area contributed by atoms with Crippen molar-refractivity contribution in [3.63, 3.8) is 0 Å². The van der Waals surface area contributed by atoms with Crippen molar-refractivity contribution in [3.8, 4) is 0 Å². The van der Waals surface area contributed by atoms with E-state index in [9.17, 15) is 24.3 Å². The number of H-pyrrole nitrogens is 1. The molecule has 4 atom stereocenters. The molecule has 1 aliphatic heterocycles. The molecule has 2 saturated carbocycles. The molecule has 3 aliphatic rings. The standard InChI is InChI=1S/C31H43N5O6/c1-18(34-29(40)21-8-10-22(37)11-9-21)28(39)36-26(15-20-7-12-23-24(14-20)33-17-32-23)30(41)35-25(13-19-5-3-4-6-19)27(38)31(2)16-42-31/h7,12,14,17-19,21-22,25-26,37H,3-6,8-11,13,15-16H2,1-2H3,(H,32,33)(H,34,40)(H,35,41)(H,36,39)/t18-,21-,22-,25+,26+,31-/m1/s1. The Balaban J connectivity index is 1.29. The van der Waals surface area contributed by atoms with E-state index in [1.165, 1.54) is 0 Å². The van der Waals surface area contributed by atoms with Crippen LogP contribution in [0.5, 0.6) is 0 Å². The van der Waals surface area contributed by atoms with Crippen LogP contribution in [0.3, 0.4) is 0 Å². The Hall–Kier alpha value is -3.31. The maximum atomic E-state index is 13.8. The van der Waals surface area contributed by atoms with Crippen molar-refractivity contribution in [2.45, 2.75) is 108 Å². The van der Waals surface area contributed by atoms with Crippen molar-refractivity contribution in [2.75, 3.05) is 6.61 Å². The summed E-state index contributed by atoms with van der Waals surface area (Å²) in [5.41, 5.74) is 1.51. The lowest BCUT2D eigenvalue weighted by molar-refractivity contribution is -0.135. The number of hydrogen-bond acceptors (Lipinski definition) is 7. The summed E-state index contributed by atoms with van der Waals surface area (Å²) in [6.07, 6.45) is 8.49. The van der Waals surface area contributed by atoms with Gasteiger partial charge in [-0.15, -0.1) is 0 Å². The fraction of sp³-hybridized carbons (Fsp3) is 0.645. The third-order valence-corrected chi connectivity index (χ3v) is 9.15. The maximum absolute atomic E-state index is 13.8. The third kappa shape index (κ3) is 7.36. The SMILES string of the molecule is C[C@@H](NC(=O)[C@H]1CC[C@H](O)CC1)C(=O)N[C@@H](Cc1ccc2[nH]cnc2c1)C(=O)N[C@@H](CC1CCCC1)C(=O)[C@@]1(C)CO1. The summed E-state index contributed by atoms with van der Waals surface area (Å²) < 4.78 is 5.43. The first kappa shape index (κ1) is 30.2. The predicted octanol–water partition coefficient (Wildman–Crippen LogP) is 2.07. The summed E-state index contributed by atoms with van der Waals surface area (Å²) in [5, 5.41) is 18.3. The predicted molar refractivity (Wildman–Crippen MR) is 155 cm³/mol. The molecule has 42 heavy (non-hydrogen) atoms. The molecule has 0 spiro atoms. The first-order chi connectivity index (χ1) is 20.1. The maximum Gasteiger partial charge on any atom is 0.243 e. The number of aromatic amines is 1. The molecule has 2 heterocycles. The van der Waals surface area contributed by atoms with Crippen molar-refractivity contribution in [3.05, 3.63) is 30.1 Å². The fourth-order valence-electron chi connectivity index (χ4n) is 6.28. The fourth-order valence-corrected chi connectivity index (χ4v) is 6.28. The lowest BCUT2D eigenvalue weighted by atomic mass is 9.87. The van der Waals surface area contributed by atoms with E-state index in [0.29, 0.717) is 44.6 Å². The van der Waals surface area contributed by atoms with Gasteiger partial charge in [0.2, 0.25) is 17.7 Å². The molecule has 5 rings (SSSR count). The summed E-state index contributed by atoms with van der Waals surface area (Å²) in [6.45, 7) is 3.68. The number of aliphatic hydroxyl groups is 1. The molecule has 3 fully saturated rings. The topological polar surface area (TPSA) is 166 Å². The first-order valence-corrected chi connectivity index (χ1v) is 15.3. The van der Waals surface area contributed by atoms with Crippen molar-refractivity contribution in [1.29, 1.82) is 0 Å². The van der Waals surface area contributed by atoms with Gasteiger partial charge in [-0.2, -0.15) is 0 Å². The van der Waals surface area contributed by atoms with Gasteiger partial charge < -0.3 is 30.8 Å². The van der Waals surface area contributed by atoms with Crippen LogP contribution in [0.25, 0.3) is 11.0 Å². The van der Waals surface area contributed by atoms with E-state index in [4.69, 9.17) is 4.74 Å². The van der Waals surface area contributed by atoms with Crippen LogP contribution in [0, 0.1) is 11.8 Å². The molecule has 0 bridgehead atoms. The van der Waals surface area contributed by atoms with Gasteiger partial charge in [0.25, 0.3) is 0 Å². The molecule has 228 valence electrons. The van der Waals surface area contributed by atoms with Crippen LogP contribution < -0.4 is 16.0 Å². The number of nitrogens with one attached hydrogen (secondary N) is 4. The molecular formula is C31H43N5O6. The van der Waals surface area contributed by atoms with Crippen LogP contribution in [-0.2, 0) is 30.3 Å². The van der Waals surface area contributed by atoms with E-state index in [-0.39, 0.29) is 30.1 Å². The number of hydrogen-bond donors (Lipinski definition) is 5. The zero-order chi connectivity index (χ0) is 29.9. The number of ketones is 1. The number of carbonyl (C=O) groups is 4.